The summed E-state index contributed by atoms with van der Waals surface area (Å²) in [4.78, 5) is 39.7. The van der Waals surface area contributed by atoms with Crippen LogP contribution in [0.25, 0.3) is 11.3 Å². The second-order valence-corrected chi connectivity index (χ2v) is 6.85. The van der Waals surface area contributed by atoms with E-state index in [0.717, 1.165) is 15.9 Å². The first kappa shape index (κ1) is 16.9. The normalized spacial score (nSPS) is 12.6. The van der Waals surface area contributed by atoms with Crippen LogP contribution in [0.4, 0.5) is 5.69 Å². The molecule has 134 valence electrons. The van der Waals surface area contributed by atoms with Gasteiger partial charge in [0.1, 0.15) is 4.88 Å². The molecule has 0 saturated heterocycles. The number of hydrogen-bond acceptors (Lipinski definition) is 5. The number of anilines is 1. The van der Waals surface area contributed by atoms with Gasteiger partial charge in [0.15, 0.2) is 0 Å². The standard InChI is InChI=1S/C19H13N3O4S/c1-10(23)20-11-6-8-12(9-7-11)22-18(25)16(27-19(22)26)15-13-4-2-3-5-14(13)21-17(15)24/h2-9,25H,1H3,(H,20,23). The molecule has 27 heavy (non-hydrogen) atoms. The van der Waals surface area contributed by atoms with Gasteiger partial charge < -0.3 is 10.4 Å². The van der Waals surface area contributed by atoms with Crippen molar-refractivity contribution in [2.24, 2.45) is 4.99 Å². The number of carbonyl (C=O) groups excluding carboxylic acids is 2. The average Bonchev–Trinajstić information content (AvgIpc) is 3.10. The van der Waals surface area contributed by atoms with Gasteiger partial charge in [0, 0.05) is 17.8 Å². The van der Waals surface area contributed by atoms with Crippen molar-refractivity contribution < 1.29 is 14.7 Å². The van der Waals surface area contributed by atoms with Crippen molar-refractivity contribution in [3.8, 4) is 11.6 Å². The van der Waals surface area contributed by atoms with Crippen LogP contribution in [0.2, 0.25) is 0 Å². The predicted molar refractivity (Wildman–Crippen MR) is 101 cm³/mol. The zero-order chi connectivity index (χ0) is 19.1. The summed E-state index contributed by atoms with van der Waals surface area (Å²) in [5, 5.41) is 14.4. The highest BCUT2D eigenvalue weighted by atomic mass is 32.1. The van der Waals surface area contributed by atoms with Crippen LogP contribution >= 0.6 is 11.3 Å². The lowest BCUT2D eigenvalue weighted by Gasteiger charge is -2.06. The predicted octanol–water partition coefficient (Wildman–Crippen LogP) is 0.922. The second-order valence-electron chi connectivity index (χ2n) is 5.89. The van der Waals surface area contributed by atoms with Gasteiger partial charge >= 0.3 is 4.87 Å². The Morgan fingerprint density at radius 2 is 1.81 bits per heavy atom. The third-order valence-corrected chi connectivity index (χ3v) is 5.02. The molecule has 1 aliphatic heterocycles. The molecular weight excluding hydrogens is 366 g/mol. The molecule has 7 nitrogen and oxygen atoms in total. The van der Waals surface area contributed by atoms with Crippen molar-refractivity contribution in [3.05, 3.63) is 73.7 Å². The third kappa shape index (κ3) is 2.85. The highest BCUT2D eigenvalue weighted by Crippen LogP contribution is 2.30. The van der Waals surface area contributed by atoms with E-state index in [2.05, 4.69) is 10.3 Å². The van der Waals surface area contributed by atoms with E-state index in [0.29, 0.717) is 22.0 Å². The lowest BCUT2D eigenvalue weighted by Crippen LogP contribution is -2.22. The maximum Gasteiger partial charge on any atom is 0.315 e. The zero-order valence-corrected chi connectivity index (χ0v) is 14.9. The molecule has 0 radical (unpaired) electrons. The number of nitrogens with zero attached hydrogens (tertiary/aromatic N) is 2. The number of aromatic hydroxyl groups is 1. The van der Waals surface area contributed by atoms with E-state index >= 15 is 0 Å². The molecule has 2 aromatic carbocycles. The summed E-state index contributed by atoms with van der Waals surface area (Å²) < 4.78 is 1.12. The van der Waals surface area contributed by atoms with E-state index in [1.807, 2.05) is 0 Å². The number of nitrogens with one attached hydrogen (secondary N) is 1. The molecular formula is C19H13N3O4S. The van der Waals surface area contributed by atoms with Crippen molar-refractivity contribution in [1.29, 1.82) is 0 Å². The SMILES string of the molecule is CC(=O)Nc1ccc(-n2c(O)c(C3=c4ccccc4=NC3=O)sc2=O)cc1. The van der Waals surface area contributed by atoms with Gasteiger partial charge in [0.25, 0.3) is 5.91 Å². The van der Waals surface area contributed by atoms with Crippen LogP contribution in [0.5, 0.6) is 5.88 Å². The summed E-state index contributed by atoms with van der Waals surface area (Å²) in [6.45, 7) is 1.40. The Morgan fingerprint density at radius 1 is 1.11 bits per heavy atom. The molecule has 1 aromatic heterocycles. The second kappa shape index (κ2) is 6.33. The number of amides is 2. The highest BCUT2D eigenvalue weighted by Gasteiger charge is 2.26. The maximum absolute atomic E-state index is 12.5. The fourth-order valence-electron chi connectivity index (χ4n) is 2.94. The van der Waals surface area contributed by atoms with Crippen molar-refractivity contribution in [3.63, 3.8) is 0 Å². The number of hydrogen-bond donors (Lipinski definition) is 2. The minimum absolute atomic E-state index is 0.185. The van der Waals surface area contributed by atoms with Gasteiger partial charge in [-0.2, -0.15) is 0 Å². The van der Waals surface area contributed by atoms with Gasteiger partial charge in [-0.05, 0) is 30.3 Å². The molecule has 0 atom stereocenters. The smallest absolute Gasteiger partial charge is 0.315 e. The largest absolute Gasteiger partial charge is 0.493 e. The van der Waals surface area contributed by atoms with Crippen molar-refractivity contribution in [1.82, 2.24) is 4.57 Å². The fourth-order valence-corrected chi connectivity index (χ4v) is 3.88. The van der Waals surface area contributed by atoms with E-state index < -0.39 is 10.8 Å². The van der Waals surface area contributed by atoms with Crippen molar-refractivity contribution in [2.75, 3.05) is 5.32 Å². The number of benzene rings is 2. The summed E-state index contributed by atoms with van der Waals surface area (Å²) in [7, 11) is 0. The summed E-state index contributed by atoms with van der Waals surface area (Å²) in [5.74, 6) is -1.01. The van der Waals surface area contributed by atoms with Gasteiger partial charge in [0.05, 0.1) is 16.6 Å². The van der Waals surface area contributed by atoms with Gasteiger partial charge in [-0.15, -0.1) is 0 Å². The van der Waals surface area contributed by atoms with E-state index in [1.54, 1.807) is 48.5 Å². The summed E-state index contributed by atoms with van der Waals surface area (Å²) in [5.41, 5.74) is 1.21. The van der Waals surface area contributed by atoms with E-state index in [9.17, 15) is 19.5 Å². The van der Waals surface area contributed by atoms with Crippen LogP contribution in [0.15, 0.2) is 58.3 Å². The number of aromatic nitrogens is 1. The van der Waals surface area contributed by atoms with E-state index in [1.165, 1.54) is 6.92 Å². The van der Waals surface area contributed by atoms with Crippen LogP contribution < -0.4 is 20.8 Å². The first-order valence-corrected chi connectivity index (χ1v) is 8.83. The molecule has 0 saturated carbocycles. The number of thiazole rings is 1. The lowest BCUT2D eigenvalue weighted by atomic mass is 10.1. The first-order valence-electron chi connectivity index (χ1n) is 8.01. The summed E-state index contributed by atoms with van der Waals surface area (Å²) in [6, 6.07) is 13.4. The molecule has 0 fully saturated rings. The fraction of sp³-hybridized carbons (Fsp3) is 0.0526. The molecule has 0 bridgehead atoms. The summed E-state index contributed by atoms with van der Waals surface area (Å²) >= 11 is 0.785. The molecule has 0 spiro atoms. The minimum Gasteiger partial charge on any atom is -0.493 e. The van der Waals surface area contributed by atoms with E-state index in [-0.39, 0.29) is 22.2 Å². The Labute approximate surface area is 156 Å². The van der Waals surface area contributed by atoms with Crippen LogP contribution in [-0.2, 0) is 9.59 Å². The highest BCUT2D eigenvalue weighted by molar-refractivity contribution is 7.11. The minimum atomic E-state index is -0.485. The van der Waals surface area contributed by atoms with Gasteiger partial charge in [0.2, 0.25) is 11.8 Å². The first-order chi connectivity index (χ1) is 13.0. The topological polar surface area (TPSA) is 101 Å². The summed E-state index contributed by atoms with van der Waals surface area (Å²) in [6.07, 6.45) is 0. The monoisotopic (exact) mass is 379 g/mol. The third-order valence-electron chi connectivity index (χ3n) is 4.07. The molecule has 2 heterocycles. The molecule has 0 unspecified atom stereocenters. The van der Waals surface area contributed by atoms with Gasteiger partial charge in [-0.25, -0.2) is 9.56 Å². The number of carbonyl (C=O) groups is 2. The van der Waals surface area contributed by atoms with Crippen LogP contribution in [-0.4, -0.2) is 21.5 Å². The average molecular weight is 379 g/mol. The number of rotatable bonds is 3. The quantitative estimate of drug-likeness (QED) is 0.707. The Morgan fingerprint density at radius 3 is 2.52 bits per heavy atom. The van der Waals surface area contributed by atoms with Crippen molar-refractivity contribution in [2.45, 2.75) is 6.92 Å². The zero-order valence-electron chi connectivity index (χ0n) is 14.1. The molecule has 0 aliphatic carbocycles. The van der Waals surface area contributed by atoms with Crippen LogP contribution in [0.1, 0.15) is 11.8 Å². The lowest BCUT2D eigenvalue weighted by molar-refractivity contribution is -0.114. The molecule has 1 aliphatic rings. The molecule has 2 N–H and O–H groups in total. The van der Waals surface area contributed by atoms with Gasteiger partial charge in [-0.3, -0.25) is 14.4 Å². The Kier molecular flexibility index (Phi) is 3.97. The molecule has 4 rings (SSSR count). The van der Waals surface area contributed by atoms with Crippen molar-refractivity contribution >= 4 is 34.4 Å². The number of para-hydroxylation sites is 1. The maximum atomic E-state index is 12.5. The Bertz CT molecular complexity index is 1270. The van der Waals surface area contributed by atoms with Crippen LogP contribution in [0, 0.1) is 0 Å². The molecule has 2 amide bonds. The van der Waals surface area contributed by atoms with Crippen LogP contribution in [0.3, 0.4) is 0 Å². The Balaban J connectivity index is 1.85. The Hall–Kier alpha value is -3.52. The molecule has 8 heteroatoms. The van der Waals surface area contributed by atoms with E-state index in [4.69, 9.17) is 0 Å². The van der Waals surface area contributed by atoms with Gasteiger partial charge in [-0.1, -0.05) is 29.5 Å². The molecule has 3 aromatic rings. The number of fused-ring (bicyclic) bond motifs is 1.